The van der Waals surface area contributed by atoms with Crippen molar-refractivity contribution in [2.24, 2.45) is 5.92 Å². The molecule has 0 saturated carbocycles. The predicted octanol–water partition coefficient (Wildman–Crippen LogP) is 1.77. The monoisotopic (exact) mass is 229 g/mol. The summed E-state index contributed by atoms with van der Waals surface area (Å²) in [5, 5.41) is 8.81. The zero-order chi connectivity index (χ0) is 12.3. The van der Waals surface area contributed by atoms with Crippen molar-refractivity contribution in [2.45, 2.75) is 19.8 Å². The summed E-state index contributed by atoms with van der Waals surface area (Å²) in [6.07, 6.45) is 3.25. The maximum atomic E-state index is 12.2. The van der Waals surface area contributed by atoms with Gasteiger partial charge in [-0.15, -0.1) is 0 Å². The van der Waals surface area contributed by atoms with E-state index < -0.39 is 0 Å². The van der Waals surface area contributed by atoms with Crippen molar-refractivity contribution >= 4 is 5.91 Å². The Morgan fingerprint density at radius 1 is 1.53 bits per heavy atom. The Balaban J connectivity index is 2.08. The van der Waals surface area contributed by atoms with Crippen molar-refractivity contribution < 1.29 is 4.79 Å². The van der Waals surface area contributed by atoms with Crippen molar-refractivity contribution in [1.29, 1.82) is 5.26 Å². The maximum Gasteiger partial charge on any atom is 0.255 e. The average molecular weight is 229 g/mol. The molecule has 1 aliphatic rings. The van der Waals surface area contributed by atoms with Crippen LogP contribution in [0.4, 0.5) is 0 Å². The fourth-order valence-corrected chi connectivity index (χ4v) is 2.09. The highest BCUT2D eigenvalue weighted by Crippen LogP contribution is 2.18. The molecule has 1 aromatic rings. The van der Waals surface area contributed by atoms with E-state index in [2.05, 4.69) is 11.1 Å². The van der Waals surface area contributed by atoms with E-state index in [1.807, 2.05) is 11.8 Å². The summed E-state index contributed by atoms with van der Waals surface area (Å²) in [5.74, 6) is 0.140. The number of aryl methyl sites for hydroxylation is 1. The third kappa shape index (κ3) is 2.44. The maximum absolute atomic E-state index is 12.2. The quantitative estimate of drug-likeness (QED) is 0.737. The zero-order valence-corrected chi connectivity index (χ0v) is 9.89. The summed E-state index contributed by atoms with van der Waals surface area (Å²) in [6.45, 7) is 3.19. The number of aromatic nitrogens is 1. The number of amides is 1. The Hall–Kier alpha value is -1.89. The molecule has 0 bridgehead atoms. The number of likely N-dealkylation sites (tertiary alicyclic amines) is 1. The topological polar surface area (TPSA) is 57.0 Å². The van der Waals surface area contributed by atoms with Crippen LogP contribution >= 0.6 is 0 Å². The molecule has 4 heteroatoms. The van der Waals surface area contributed by atoms with Gasteiger partial charge in [0.1, 0.15) is 0 Å². The highest BCUT2D eigenvalue weighted by atomic mass is 16.2. The predicted molar refractivity (Wildman–Crippen MR) is 63.2 cm³/mol. The van der Waals surface area contributed by atoms with E-state index in [1.165, 1.54) is 0 Å². The molecule has 1 aliphatic heterocycles. The SMILES string of the molecule is Cc1ncccc1C(=O)N1CCC(C#N)CC1. The minimum absolute atomic E-state index is 0.0342. The standard InChI is InChI=1S/C13H15N3O/c1-10-12(3-2-6-15-10)13(17)16-7-4-11(9-14)5-8-16/h2-3,6,11H,4-5,7-8H2,1H3. The van der Waals surface area contributed by atoms with Crippen LogP contribution in [0.3, 0.4) is 0 Å². The fraction of sp³-hybridized carbons (Fsp3) is 0.462. The summed E-state index contributed by atoms with van der Waals surface area (Å²) in [5.41, 5.74) is 1.43. The molecule has 1 aromatic heterocycles. The van der Waals surface area contributed by atoms with Gasteiger partial charge in [-0.1, -0.05) is 0 Å². The summed E-state index contributed by atoms with van der Waals surface area (Å²) >= 11 is 0. The number of pyridine rings is 1. The van der Waals surface area contributed by atoms with E-state index in [1.54, 1.807) is 18.3 Å². The van der Waals surface area contributed by atoms with Gasteiger partial charge in [-0.25, -0.2) is 0 Å². The van der Waals surface area contributed by atoms with Crippen molar-refractivity contribution in [3.05, 3.63) is 29.6 Å². The smallest absolute Gasteiger partial charge is 0.255 e. The van der Waals surface area contributed by atoms with Crippen LogP contribution in [-0.4, -0.2) is 28.9 Å². The lowest BCUT2D eigenvalue weighted by Crippen LogP contribution is -2.38. The third-order valence-electron chi connectivity index (χ3n) is 3.20. The Bertz CT molecular complexity index is 456. The lowest BCUT2D eigenvalue weighted by atomic mass is 9.98. The number of hydrogen-bond acceptors (Lipinski definition) is 3. The molecule has 17 heavy (non-hydrogen) atoms. The van der Waals surface area contributed by atoms with E-state index in [4.69, 9.17) is 5.26 Å². The molecule has 0 aliphatic carbocycles. The molecule has 1 fully saturated rings. The zero-order valence-electron chi connectivity index (χ0n) is 9.89. The second kappa shape index (κ2) is 4.96. The van der Waals surface area contributed by atoms with Gasteiger partial charge in [-0.3, -0.25) is 9.78 Å². The summed E-state index contributed by atoms with van der Waals surface area (Å²) in [4.78, 5) is 18.2. The van der Waals surface area contributed by atoms with Gasteiger partial charge in [0.15, 0.2) is 0 Å². The number of piperidine rings is 1. The van der Waals surface area contributed by atoms with Crippen LogP contribution in [0.2, 0.25) is 0 Å². The van der Waals surface area contributed by atoms with E-state index in [-0.39, 0.29) is 11.8 Å². The summed E-state index contributed by atoms with van der Waals surface area (Å²) < 4.78 is 0. The van der Waals surface area contributed by atoms with Crippen LogP contribution in [0.5, 0.6) is 0 Å². The highest BCUT2D eigenvalue weighted by Gasteiger charge is 2.24. The molecule has 4 nitrogen and oxygen atoms in total. The van der Waals surface area contributed by atoms with E-state index in [9.17, 15) is 4.79 Å². The number of carbonyl (C=O) groups excluding carboxylic acids is 1. The van der Waals surface area contributed by atoms with Gasteiger partial charge in [0.2, 0.25) is 0 Å². The number of rotatable bonds is 1. The van der Waals surface area contributed by atoms with Crippen LogP contribution in [0, 0.1) is 24.2 Å². The molecular weight excluding hydrogens is 214 g/mol. The molecule has 1 saturated heterocycles. The Labute approximate surface area is 101 Å². The molecule has 0 spiro atoms. The normalized spacial score (nSPS) is 16.6. The molecule has 2 heterocycles. The van der Waals surface area contributed by atoms with Crippen LogP contribution in [0.15, 0.2) is 18.3 Å². The molecule has 0 N–H and O–H groups in total. The molecular formula is C13H15N3O. The molecule has 0 atom stereocenters. The Morgan fingerprint density at radius 2 is 2.24 bits per heavy atom. The van der Waals surface area contributed by atoms with Crippen LogP contribution in [0.25, 0.3) is 0 Å². The first-order valence-corrected chi connectivity index (χ1v) is 5.83. The van der Waals surface area contributed by atoms with Crippen LogP contribution in [-0.2, 0) is 0 Å². The van der Waals surface area contributed by atoms with Crippen molar-refractivity contribution in [1.82, 2.24) is 9.88 Å². The molecule has 0 radical (unpaired) electrons. The Kier molecular flexibility index (Phi) is 3.38. The van der Waals surface area contributed by atoms with Crippen LogP contribution in [0.1, 0.15) is 28.9 Å². The number of nitriles is 1. The third-order valence-corrected chi connectivity index (χ3v) is 3.20. The van der Waals surface area contributed by atoms with Gasteiger partial charge >= 0.3 is 0 Å². The van der Waals surface area contributed by atoms with Gasteiger partial charge in [0.25, 0.3) is 5.91 Å². The number of hydrogen-bond donors (Lipinski definition) is 0. The lowest BCUT2D eigenvalue weighted by Gasteiger charge is -2.29. The first kappa shape index (κ1) is 11.6. The number of nitrogens with zero attached hydrogens (tertiary/aromatic N) is 3. The lowest BCUT2D eigenvalue weighted by molar-refractivity contribution is 0.0706. The molecule has 0 unspecified atom stereocenters. The Morgan fingerprint density at radius 3 is 2.82 bits per heavy atom. The minimum Gasteiger partial charge on any atom is -0.339 e. The second-order valence-corrected chi connectivity index (χ2v) is 4.33. The first-order valence-electron chi connectivity index (χ1n) is 5.83. The van der Waals surface area contributed by atoms with E-state index in [0.717, 1.165) is 18.5 Å². The van der Waals surface area contributed by atoms with Crippen molar-refractivity contribution in [2.75, 3.05) is 13.1 Å². The summed E-state index contributed by atoms with van der Waals surface area (Å²) in [7, 11) is 0. The number of carbonyl (C=O) groups is 1. The largest absolute Gasteiger partial charge is 0.339 e. The second-order valence-electron chi connectivity index (χ2n) is 4.33. The molecule has 1 amide bonds. The highest BCUT2D eigenvalue weighted by molar-refractivity contribution is 5.95. The summed E-state index contributed by atoms with van der Waals surface area (Å²) in [6, 6.07) is 5.85. The van der Waals surface area contributed by atoms with Gasteiger partial charge in [0, 0.05) is 30.9 Å². The minimum atomic E-state index is 0.0342. The fourth-order valence-electron chi connectivity index (χ4n) is 2.09. The van der Waals surface area contributed by atoms with Crippen molar-refractivity contribution in [3.63, 3.8) is 0 Å². The van der Waals surface area contributed by atoms with Crippen LogP contribution < -0.4 is 0 Å². The van der Waals surface area contributed by atoms with Gasteiger partial charge in [-0.2, -0.15) is 5.26 Å². The van der Waals surface area contributed by atoms with E-state index >= 15 is 0 Å². The van der Waals surface area contributed by atoms with E-state index in [0.29, 0.717) is 18.7 Å². The van der Waals surface area contributed by atoms with Gasteiger partial charge in [-0.05, 0) is 31.9 Å². The van der Waals surface area contributed by atoms with Gasteiger partial charge in [0.05, 0.1) is 11.6 Å². The first-order chi connectivity index (χ1) is 8.22. The van der Waals surface area contributed by atoms with Gasteiger partial charge < -0.3 is 4.90 Å². The molecule has 88 valence electrons. The molecule has 0 aromatic carbocycles. The average Bonchev–Trinajstić information content (AvgIpc) is 2.39. The molecule has 2 rings (SSSR count). The van der Waals surface area contributed by atoms with Crippen molar-refractivity contribution in [3.8, 4) is 6.07 Å².